The molecule has 0 heterocycles. The van der Waals surface area contributed by atoms with Crippen LogP contribution in [-0.4, -0.2) is 17.5 Å². The summed E-state index contributed by atoms with van der Waals surface area (Å²) >= 11 is 0. The highest BCUT2D eigenvalue weighted by atomic mass is 19.1. The maximum absolute atomic E-state index is 12.9. The van der Waals surface area contributed by atoms with Gasteiger partial charge in [0.05, 0.1) is 5.56 Å². The number of ether oxygens (including phenoxy) is 1. The first-order valence-electron chi connectivity index (χ1n) is 6.77. The first-order valence-corrected chi connectivity index (χ1v) is 6.77. The van der Waals surface area contributed by atoms with Crippen LogP contribution < -0.4 is 4.74 Å². The minimum Gasteiger partial charge on any atom is -0.507 e. The third-order valence-corrected chi connectivity index (χ3v) is 3.16. The molecule has 1 aliphatic rings. The number of halogens is 1. The molecule has 0 aromatic heterocycles. The summed E-state index contributed by atoms with van der Waals surface area (Å²) in [5.74, 6) is 0.0221. The molecule has 0 saturated carbocycles. The van der Waals surface area contributed by atoms with Crippen molar-refractivity contribution in [1.82, 2.24) is 0 Å². The summed E-state index contributed by atoms with van der Waals surface area (Å²) in [5, 5.41) is 9.71. The van der Waals surface area contributed by atoms with Gasteiger partial charge < -0.3 is 9.84 Å². The molecular formula is C17H17FO3. The van der Waals surface area contributed by atoms with Crippen LogP contribution in [0.1, 0.15) is 30.1 Å². The molecule has 1 aliphatic carbocycles. The van der Waals surface area contributed by atoms with Crippen molar-refractivity contribution in [3.05, 3.63) is 59.5 Å². The van der Waals surface area contributed by atoms with Crippen LogP contribution >= 0.6 is 0 Å². The number of ketones is 1. The highest BCUT2D eigenvalue weighted by molar-refractivity contribution is 6.06. The van der Waals surface area contributed by atoms with E-state index in [1.165, 1.54) is 24.3 Å². The Morgan fingerprint density at radius 2 is 2.19 bits per heavy atom. The first kappa shape index (κ1) is 15.0. The van der Waals surface area contributed by atoms with Crippen LogP contribution in [0, 0.1) is 0 Å². The molecule has 110 valence electrons. The Balaban J connectivity index is 2.07. The van der Waals surface area contributed by atoms with Gasteiger partial charge in [0.15, 0.2) is 5.78 Å². The molecule has 3 nitrogen and oxygen atoms in total. The molecule has 0 atom stereocenters. The number of hydrogen-bond donors (Lipinski definition) is 1. The van der Waals surface area contributed by atoms with E-state index in [0.717, 1.165) is 5.57 Å². The number of allylic oxidation sites excluding steroid dienone is 5. The molecule has 0 unspecified atom stereocenters. The van der Waals surface area contributed by atoms with Gasteiger partial charge in [-0.2, -0.15) is 0 Å². The molecule has 1 aromatic carbocycles. The average Bonchev–Trinajstić information content (AvgIpc) is 2.48. The van der Waals surface area contributed by atoms with Crippen molar-refractivity contribution in [3.63, 3.8) is 0 Å². The number of hydrogen-bond acceptors (Lipinski definition) is 3. The number of benzene rings is 1. The minimum absolute atomic E-state index is 0.0765. The van der Waals surface area contributed by atoms with Crippen LogP contribution in [0.4, 0.5) is 4.39 Å². The van der Waals surface area contributed by atoms with E-state index in [2.05, 4.69) is 0 Å². The zero-order chi connectivity index (χ0) is 15.2. The predicted octanol–water partition coefficient (Wildman–Crippen LogP) is 4.10. The third kappa shape index (κ3) is 4.05. The van der Waals surface area contributed by atoms with E-state index in [1.807, 2.05) is 0 Å². The summed E-state index contributed by atoms with van der Waals surface area (Å²) < 4.78 is 18.5. The molecular weight excluding hydrogens is 271 g/mol. The highest BCUT2D eigenvalue weighted by Gasteiger charge is 2.11. The Labute approximate surface area is 123 Å². The monoisotopic (exact) mass is 288 g/mol. The number of rotatable bonds is 5. The van der Waals surface area contributed by atoms with E-state index in [9.17, 15) is 14.3 Å². The van der Waals surface area contributed by atoms with Crippen molar-refractivity contribution >= 4 is 5.78 Å². The van der Waals surface area contributed by atoms with Crippen LogP contribution in [0.3, 0.4) is 0 Å². The largest absolute Gasteiger partial charge is 0.507 e. The summed E-state index contributed by atoms with van der Waals surface area (Å²) in [4.78, 5) is 11.8. The molecule has 0 radical (unpaired) electrons. The fourth-order valence-corrected chi connectivity index (χ4v) is 1.99. The fraction of sp³-hybridized carbons (Fsp3) is 0.235. The number of aromatic hydroxyl groups is 1. The molecule has 0 spiro atoms. The Bertz CT molecular complexity index is 627. The second-order valence-corrected chi connectivity index (χ2v) is 4.77. The topological polar surface area (TPSA) is 46.5 Å². The van der Waals surface area contributed by atoms with Crippen molar-refractivity contribution in [3.8, 4) is 11.5 Å². The second kappa shape index (κ2) is 6.88. The molecule has 1 N–H and O–H groups in total. The number of phenols is 1. The normalized spacial score (nSPS) is 14.8. The Morgan fingerprint density at radius 1 is 1.38 bits per heavy atom. The van der Waals surface area contributed by atoms with E-state index < -0.39 is 0 Å². The lowest BCUT2D eigenvalue weighted by Gasteiger charge is -2.12. The number of carbonyl (C=O) groups is 1. The molecule has 0 amide bonds. The molecule has 0 saturated heterocycles. The van der Waals surface area contributed by atoms with Crippen LogP contribution in [0.5, 0.6) is 11.5 Å². The van der Waals surface area contributed by atoms with Crippen molar-refractivity contribution in [2.45, 2.75) is 19.8 Å². The lowest BCUT2D eigenvalue weighted by molar-refractivity contribution is 0.104. The van der Waals surface area contributed by atoms with Crippen molar-refractivity contribution in [2.75, 3.05) is 6.61 Å². The van der Waals surface area contributed by atoms with E-state index in [-0.39, 0.29) is 22.9 Å². The van der Waals surface area contributed by atoms with Gasteiger partial charge in [-0.3, -0.25) is 4.79 Å². The zero-order valence-electron chi connectivity index (χ0n) is 11.8. The minimum atomic E-state index is -0.276. The SMILES string of the molecule is C/C=C/C(=O)c1cc(OCC2=CC=C(F)CC2)ccc1O. The fourth-order valence-electron chi connectivity index (χ4n) is 1.99. The van der Waals surface area contributed by atoms with Gasteiger partial charge in [-0.1, -0.05) is 12.2 Å². The van der Waals surface area contributed by atoms with Gasteiger partial charge in [0.1, 0.15) is 23.9 Å². The highest BCUT2D eigenvalue weighted by Crippen LogP contribution is 2.25. The maximum atomic E-state index is 12.9. The summed E-state index contributed by atoms with van der Waals surface area (Å²) in [5.41, 5.74) is 1.19. The van der Waals surface area contributed by atoms with Crippen LogP contribution in [0.2, 0.25) is 0 Å². The smallest absolute Gasteiger partial charge is 0.189 e. The van der Waals surface area contributed by atoms with Gasteiger partial charge >= 0.3 is 0 Å². The molecule has 4 heteroatoms. The summed E-state index contributed by atoms with van der Waals surface area (Å²) in [6, 6.07) is 4.54. The van der Waals surface area contributed by atoms with Gasteiger partial charge in [0.2, 0.25) is 0 Å². The van der Waals surface area contributed by atoms with Crippen molar-refractivity contribution in [2.24, 2.45) is 0 Å². The molecule has 0 aliphatic heterocycles. The van der Waals surface area contributed by atoms with Crippen molar-refractivity contribution < 1.29 is 19.0 Å². The average molecular weight is 288 g/mol. The van der Waals surface area contributed by atoms with Crippen LogP contribution in [0.25, 0.3) is 0 Å². The number of phenolic OH excluding ortho intramolecular Hbond substituents is 1. The van der Waals surface area contributed by atoms with Gasteiger partial charge in [0, 0.05) is 6.42 Å². The van der Waals surface area contributed by atoms with Gasteiger partial charge in [0.25, 0.3) is 0 Å². The van der Waals surface area contributed by atoms with Gasteiger partial charge in [-0.15, -0.1) is 0 Å². The van der Waals surface area contributed by atoms with Crippen molar-refractivity contribution in [1.29, 1.82) is 0 Å². The summed E-state index contributed by atoms with van der Waals surface area (Å²) in [6.07, 6.45) is 7.19. The van der Waals surface area contributed by atoms with Crippen LogP contribution in [-0.2, 0) is 0 Å². The summed E-state index contributed by atoms with van der Waals surface area (Å²) in [6.45, 7) is 2.07. The van der Waals surface area contributed by atoms with E-state index >= 15 is 0 Å². The Morgan fingerprint density at radius 3 is 2.86 bits per heavy atom. The number of carbonyl (C=O) groups excluding carboxylic acids is 1. The van der Waals surface area contributed by atoms with E-state index in [4.69, 9.17) is 4.74 Å². The Hall–Kier alpha value is -2.36. The summed E-state index contributed by atoms with van der Waals surface area (Å²) in [7, 11) is 0. The standard InChI is InChI=1S/C17H17FO3/c1-2-3-16(19)15-10-14(8-9-17(15)20)21-11-12-4-6-13(18)7-5-12/h2-4,6,8-10,20H,5,7,11H2,1H3/b3-2+. The maximum Gasteiger partial charge on any atom is 0.189 e. The lowest BCUT2D eigenvalue weighted by atomic mass is 10.1. The molecule has 0 bridgehead atoms. The van der Waals surface area contributed by atoms with E-state index in [0.29, 0.717) is 25.2 Å². The predicted molar refractivity (Wildman–Crippen MR) is 79.3 cm³/mol. The quantitative estimate of drug-likeness (QED) is 0.655. The molecule has 1 aromatic rings. The third-order valence-electron chi connectivity index (χ3n) is 3.16. The molecule has 0 fully saturated rings. The van der Waals surface area contributed by atoms with Crippen LogP contribution in [0.15, 0.2) is 53.9 Å². The molecule has 2 rings (SSSR count). The second-order valence-electron chi connectivity index (χ2n) is 4.77. The van der Waals surface area contributed by atoms with Gasteiger partial charge in [-0.05, 0) is 49.3 Å². The first-order chi connectivity index (χ1) is 10.1. The lowest BCUT2D eigenvalue weighted by Crippen LogP contribution is -2.04. The Kier molecular flexibility index (Phi) is 4.93. The zero-order valence-corrected chi connectivity index (χ0v) is 11.8. The van der Waals surface area contributed by atoms with Gasteiger partial charge in [-0.25, -0.2) is 4.39 Å². The van der Waals surface area contributed by atoms with E-state index in [1.54, 1.807) is 25.1 Å². The molecule has 21 heavy (non-hydrogen) atoms.